The second-order valence-electron chi connectivity index (χ2n) is 4.05. The predicted molar refractivity (Wildman–Crippen MR) is 69.9 cm³/mol. The van der Waals surface area contributed by atoms with E-state index in [9.17, 15) is 24.4 Å². The zero-order valence-electron chi connectivity index (χ0n) is 10.5. The van der Waals surface area contributed by atoms with Crippen LogP contribution in [0.5, 0.6) is 5.75 Å². The summed E-state index contributed by atoms with van der Waals surface area (Å²) in [5, 5.41) is 18.9. The highest BCUT2D eigenvalue weighted by Gasteiger charge is 2.21. The van der Waals surface area contributed by atoms with Crippen molar-refractivity contribution in [3.8, 4) is 5.75 Å². The van der Waals surface area contributed by atoms with Crippen LogP contribution in [0.15, 0.2) is 24.3 Å². The Balaban J connectivity index is 2.50. The predicted octanol–water partition coefficient (Wildman–Crippen LogP) is 2.41. The summed E-state index contributed by atoms with van der Waals surface area (Å²) in [5.41, 5.74) is -0.147. The number of carboxylic acids is 1. The summed E-state index contributed by atoms with van der Waals surface area (Å²) in [5.74, 6) is -0.909. The zero-order valence-corrected chi connectivity index (χ0v) is 11.4. The third kappa shape index (κ3) is 5.81. The van der Waals surface area contributed by atoms with Gasteiger partial charge in [0.1, 0.15) is 5.75 Å². The number of non-ortho nitro benzene ring substituents is 1. The van der Waals surface area contributed by atoms with Crippen LogP contribution in [-0.4, -0.2) is 27.1 Å². The molecular weight excluding hydrogens is 289 g/mol. The van der Waals surface area contributed by atoms with Gasteiger partial charge < -0.3 is 14.5 Å². The maximum atomic E-state index is 11.7. The van der Waals surface area contributed by atoms with Gasteiger partial charge in [0.2, 0.25) is 0 Å². The topological polar surface area (TPSA) is 127 Å². The molecule has 0 aliphatic rings. The van der Waals surface area contributed by atoms with Crippen molar-refractivity contribution in [2.45, 2.75) is 19.3 Å². The maximum Gasteiger partial charge on any atom is 0.376 e. The molecule has 1 aromatic rings. The van der Waals surface area contributed by atoms with Gasteiger partial charge in [0, 0.05) is 18.6 Å². The van der Waals surface area contributed by atoms with Crippen LogP contribution in [0.1, 0.15) is 19.3 Å². The Morgan fingerprint density at radius 2 is 1.90 bits per heavy atom. The number of unbranched alkanes of at least 4 members (excludes halogenated alkanes) is 1. The van der Waals surface area contributed by atoms with Gasteiger partial charge in [0.05, 0.1) is 11.1 Å². The molecule has 1 atom stereocenters. The Labute approximate surface area is 114 Å². The average molecular weight is 303 g/mol. The first kappa shape index (κ1) is 16.1. The molecule has 0 aliphatic carbocycles. The van der Waals surface area contributed by atoms with E-state index >= 15 is 0 Å². The number of carbonyl (C=O) groups is 1. The second-order valence-corrected chi connectivity index (χ2v) is 5.96. The number of benzene rings is 1. The van der Waals surface area contributed by atoms with Crippen LogP contribution in [0, 0.1) is 10.1 Å². The summed E-state index contributed by atoms with van der Waals surface area (Å²) in [4.78, 5) is 29.7. The molecule has 0 aromatic heterocycles. The number of aliphatic carboxylic acids is 1. The summed E-state index contributed by atoms with van der Waals surface area (Å²) in [6.45, 7) is 0. The van der Waals surface area contributed by atoms with Crippen LogP contribution >= 0.6 is 7.60 Å². The van der Waals surface area contributed by atoms with Gasteiger partial charge in [-0.1, -0.05) is 0 Å². The standard InChI is InChI=1S/C11H14NO7P/c13-11(14)3-1-2-8-20(17,18)19-10-6-4-9(5-7-10)12(15)16/h4-7H,1-3,8H2,(H,13,14)(H,17,18). The zero-order chi connectivity index (χ0) is 15.2. The molecule has 0 saturated carbocycles. The number of nitro benzene ring substituents is 1. The Morgan fingerprint density at radius 1 is 1.30 bits per heavy atom. The lowest BCUT2D eigenvalue weighted by Gasteiger charge is -2.12. The molecule has 20 heavy (non-hydrogen) atoms. The number of hydrogen-bond acceptors (Lipinski definition) is 5. The van der Waals surface area contributed by atoms with E-state index in [0.717, 1.165) is 0 Å². The molecule has 0 heterocycles. The van der Waals surface area contributed by atoms with Crippen molar-refractivity contribution >= 4 is 19.3 Å². The third-order valence-electron chi connectivity index (χ3n) is 2.38. The van der Waals surface area contributed by atoms with Crippen LogP contribution < -0.4 is 4.52 Å². The molecule has 0 fully saturated rings. The van der Waals surface area contributed by atoms with Crippen molar-refractivity contribution < 1.29 is 28.8 Å². The largest absolute Gasteiger partial charge is 0.481 e. The highest BCUT2D eigenvalue weighted by molar-refractivity contribution is 7.53. The molecule has 0 spiro atoms. The molecule has 0 bridgehead atoms. The van der Waals surface area contributed by atoms with Crippen molar-refractivity contribution in [3.63, 3.8) is 0 Å². The fourth-order valence-corrected chi connectivity index (χ4v) is 2.59. The number of nitrogens with zero attached hydrogens (tertiary/aromatic N) is 1. The van der Waals surface area contributed by atoms with Gasteiger partial charge in [-0.3, -0.25) is 14.9 Å². The maximum absolute atomic E-state index is 11.7. The van der Waals surface area contributed by atoms with Gasteiger partial charge in [-0.05, 0) is 25.0 Å². The van der Waals surface area contributed by atoms with Crippen LogP contribution in [0.4, 0.5) is 5.69 Å². The van der Waals surface area contributed by atoms with E-state index < -0.39 is 18.5 Å². The molecule has 0 aliphatic heterocycles. The first-order valence-corrected chi connectivity index (χ1v) is 7.54. The molecule has 110 valence electrons. The van der Waals surface area contributed by atoms with Gasteiger partial charge in [0.25, 0.3) is 5.69 Å². The van der Waals surface area contributed by atoms with Crippen molar-refractivity contribution in [2.24, 2.45) is 0 Å². The minimum Gasteiger partial charge on any atom is -0.481 e. The summed E-state index contributed by atoms with van der Waals surface area (Å²) < 4.78 is 16.6. The SMILES string of the molecule is O=C(O)CCCCP(=O)(O)Oc1ccc([N+](=O)[O-])cc1. The Bertz CT molecular complexity index is 528. The lowest BCUT2D eigenvalue weighted by molar-refractivity contribution is -0.384. The summed E-state index contributed by atoms with van der Waals surface area (Å²) in [6, 6.07) is 4.80. The number of carboxylic acid groups (broad SMARTS) is 1. The van der Waals surface area contributed by atoms with Crippen LogP contribution in [-0.2, 0) is 9.36 Å². The Morgan fingerprint density at radius 3 is 2.40 bits per heavy atom. The van der Waals surface area contributed by atoms with Crippen molar-refractivity contribution in [2.75, 3.05) is 6.16 Å². The van der Waals surface area contributed by atoms with E-state index in [2.05, 4.69) is 0 Å². The monoisotopic (exact) mass is 303 g/mol. The van der Waals surface area contributed by atoms with E-state index in [1.165, 1.54) is 24.3 Å². The van der Waals surface area contributed by atoms with E-state index in [1.54, 1.807) is 0 Å². The molecule has 9 heteroatoms. The lowest BCUT2D eigenvalue weighted by atomic mass is 10.2. The Hall–Kier alpha value is -1.92. The van der Waals surface area contributed by atoms with Gasteiger partial charge in [0.15, 0.2) is 0 Å². The van der Waals surface area contributed by atoms with Crippen molar-refractivity contribution in [1.82, 2.24) is 0 Å². The number of nitro groups is 1. The van der Waals surface area contributed by atoms with Crippen molar-refractivity contribution in [1.29, 1.82) is 0 Å². The molecular formula is C11H14NO7P. The van der Waals surface area contributed by atoms with E-state index in [4.69, 9.17) is 9.63 Å². The fourth-order valence-electron chi connectivity index (χ4n) is 1.43. The number of rotatable bonds is 8. The van der Waals surface area contributed by atoms with Gasteiger partial charge >= 0.3 is 13.6 Å². The molecule has 0 radical (unpaired) electrons. The highest BCUT2D eigenvalue weighted by atomic mass is 31.2. The van der Waals surface area contributed by atoms with E-state index in [1.807, 2.05) is 0 Å². The lowest BCUT2D eigenvalue weighted by Crippen LogP contribution is -2.00. The highest BCUT2D eigenvalue weighted by Crippen LogP contribution is 2.43. The average Bonchev–Trinajstić information content (AvgIpc) is 2.34. The van der Waals surface area contributed by atoms with Crippen molar-refractivity contribution in [3.05, 3.63) is 34.4 Å². The van der Waals surface area contributed by atoms with E-state index in [-0.39, 0.29) is 36.9 Å². The minimum atomic E-state index is -3.88. The molecule has 0 saturated heterocycles. The van der Waals surface area contributed by atoms with Crippen LogP contribution in [0.25, 0.3) is 0 Å². The van der Waals surface area contributed by atoms with Gasteiger partial charge in [-0.15, -0.1) is 0 Å². The molecule has 8 nitrogen and oxygen atoms in total. The third-order valence-corrected chi connectivity index (χ3v) is 3.75. The van der Waals surface area contributed by atoms with Crippen LogP contribution in [0.3, 0.4) is 0 Å². The van der Waals surface area contributed by atoms with Crippen LogP contribution in [0.2, 0.25) is 0 Å². The molecule has 1 rings (SSSR count). The first-order chi connectivity index (χ1) is 9.30. The quantitative estimate of drug-likeness (QED) is 0.326. The normalized spacial score (nSPS) is 13.4. The first-order valence-electron chi connectivity index (χ1n) is 5.78. The second kappa shape index (κ2) is 7.02. The van der Waals surface area contributed by atoms with Gasteiger partial charge in [-0.25, -0.2) is 4.57 Å². The molecule has 1 unspecified atom stereocenters. The smallest absolute Gasteiger partial charge is 0.376 e. The Kier molecular flexibility index (Phi) is 5.66. The molecule has 0 amide bonds. The number of hydrogen-bond donors (Lipinski definition) is 2. The van der Waals surface area contributed by atoms with Gasteiger partial charge in [-0.2, -0.15) is 0 Å². The minimum absolute atomic E-state index is 0.0552. The molecule has 2 N–H and O–H groups in total. The fraction of sp³-hybridized carbons (Fsp3) is 0.364. The summed E-state index contributed by atoms with van der Waals surface area (Å²) in [6.07, 6.45) is 0.283. The molecule has 1 aromatic carbocycles. The summed E-state index contributed by atoms with van der Waals surface area (Å²) in [7, 11) is -3.88. The summed E-state index contributed by atoms with van der Waals surface area (Å²) >= 11 is 0. The van der Waals surface area contributed by atoms with E-state index in [0.29, 0.717) is 0 Å².